The summed E-state index contributed by atoms with van der Waals surface area (Å²) in [6.45, 7) is 0. The molecule has 0 fully saturated rings. The quantitative estimate of drug-likeness (QED) is 0.842. The van der Waals surface area contributed by atoms with Crippen molar-refractivity contribution in [2.75, 3.05) is 0 Å². The molecule has 0 aliphatic rings. The van der Waals surface area contributed by atoms with Gasteiger partial charge < -0.3 is 0 Å². The molecule has 1 aromatic carbocycles. The van der Waals surface area contributed by atoms with Crippen LogP contribution in [-0.4, -0.2) is 9.97 Å². The van der Waals surface area contributed by atoms with E-state index in [1.54, 1.807) is 12.5 Å². The molecule has 0 unspecified atom stereocenters. The van der Waals surface area contributed by atoms with Gasteiger partial charge in [0.15, 0.2) is 0 Å². The van der Waals surface area contributed by atoms with Crippen molar-refractivity contribution in [1.29, 1.82) is 0 Å². The van der Waals surface area contributed by atoms with Crippen molar-refractivity contribution in [3.8, 4) is 0 Å². The van der Waals surface area contributed by atoms with E-state index in [9.17, 15) is 0 Å². The first-order chi connectivity index (χ1) is 7.25. The average Bonchev–Trinajstić information content (AvgIpc) is 2.25. The molecule has 76 valence electrons. The van der Waals surface area contributed by atoms with Crippen LogP contribution in [0.4, 0.5) is 0 Å². The molecule has 15 heavy (non-hydrogen) atoms. The second-order valence-electron chi connectivity index (χ2n) is 3.13. The Balaban J connectivity index is 2.22. The van der Waals surface area contributed by atoms with Crippen molar-refractivity contribution in [2.45, 2.75) is 6.42 Å². The van der Waals surface area contributed by atoms with Gasteiger partial charge in [-0.25, -0.2) is 9.97 Å². The van der Waals surface area contributed by atoms with Crippen LogP contribution >= 0.6 is 31.9 Å². The Morgan fingerprint density at radius 1 is 1.07 bits per heavy atom. The van der Waals surface area contributed by atoms with Gasteiger partial charge in [-0.05, 0) is 55.6 Å². The van der Waals surface area contributed by atoms with Crippen molar-refractivity contribution in [2.24, 2.45) is 0 Å². The number of nitrogens with zero attached hydrogens (tertiary/aromatic N) is 2. The molecular weight excluding hydrogens is 320 g/mol. The summed E-state index contributed by atoms with van der Waals surface area (Å²) < 4.78 is 2.13. The number of hydrogen-bond donors (Lipinski definition) is 0. The fraction of sp³-hybridized carbons (Fsp3) is 0.0909. The van der Waals surface area contributed by atoms with Crippen LogP contribution in [0.1, 0.15) is 11.3 Å². The minimum atomic E-state index is 0.828. The molecule has 4 heteroatoms. The molecule has 1 heterocycles. The first kappa shape index (κ1) is 10.8. The van der Waals surface area contributed by atoms with E-state index in [0.29, 0.717) is 0 Å². The van der Waals surface area contributed by atoms with E-state index in [-0.39, 0.29) is 0 Å². The molecule has 2 aromatic rings. The Hall–Kier alpha value is -0.740. The molecule has 0 saturated carbocycles. The molecule has 0 atom stereocenters. The van der Waals surface area contributed by atoms with E-state index in [0.717, 1.165) is 21.1 Å². The molecule has 0 saturated heterocycles. The molecule has 2 rings (SSSR count). The van der Waals surface area contributed by atoms with Crippen LogP contribution in [-0.2, 0) is 6.42 Å². The zero-order valence-corrected chi connectivity index (χ0v) is 11.0. The van der Waals surface area contributed by atoms with E-state index >= 15 is 0 Å². The molecule has 0 amide bonds. The predicted molar refractivity (Wildman–Crippen MR) is 66.7 cm³/mol. The highest BCUT2D eigenvalue weighted by Crippen LogP contribution is 2.24. The predicted octanol–water partition coefficient (Wildman–Crippen LogP) is 3.59. The lowest BCUT2D eigenvalue weighted by Gasteiger charge is -2.02. The number of hydrogen-bond acceptors (Lipinski definition) is 2. The lowest BCUT2D eigenvalue weighted by atomic mass is 10.1. The Kier molecular flexibility index (Phi) is 3.49. The van der Waals surface area contributed by atoms with Gasteiger partial charge in [0.1, 0.15) is 6.33 Å². The van der Waals surface area contributed by atoms with E-state index < -0.39 is 0 Å². The fourth-order valence-corrected chi connectivity index (χ4v) is 1.95. The van der Waals surface area contributed by atoms with Crippen LogP contribution in [0.15, 0.2) is 45.7 Å². The first-order valence-corrected chi connectivity index (χ1v) is 6.03. The second kappa shape index (κ2) is 4.86. The van der Waals surface area contributed by atoms with E-state index in [2.05, 4.69) is 54.0 Å². The van der Waals surface area contributed by atoms with Crippen LogP contribution in [0.25, 0.3) is 0 Å². The monoisotopic (exact) mass is 326 g/mol. The Morgan fingerprint density at radius 3 is 2.60 bits per heavy atom. The van der Waals surface area contributed by atoms with Crippen LogP contribution < -0.4 is 0 Å². The maximum Gasteiger partial charge on any atom is 0.115 e. The average molecular weight is 328 g/mol. The van der Waals surface area contributed by atoms with Gasteiger partial charge in [-0.2, -0.15) is 0 Å². The topological polar surface area (TPSA) is 25.8 Å². The summed E-state index contributed by atoms with van der Waals surface area (Å²) in [5.41, 5.74) is 2.25. The van der Waals surface area contributed by atoms with Crippen LogP contribution in [0, 0.1) is 0 Å². The molecule has 1 aromatic heterocycles. The summed E-state index contributed by atoms with van der Waals surface area (Å²) in [6.07, 6.45) is 4.16. The third kappa shape index (κ3) is 2.86. The largest absolute Gasteiger partial charge is 0.245 e. The van der Waals surface area contributed by atoms with Crippen LogP contribution in [0.3, 0.4) is 0 Å². The zero-order valence-electron chi connectivity index (χ0n) is 7.82. The highest BCUT2D eigenvalue weighted by Gasteiger charge is 2.00. The second-order valence-corrected chi connectivity index (χ2v) is 4.83. The number of benzene rings is 1. The third-order valence-electron chi connectivity index (χ3n) is 2.01. The molecule has 0 aliphatic carbocycles. The standard InChI is InChI=1S/C11H8Br2N2/c12-10-2-1-8(6-11(10)13)5-9-3-4-14-7-15-9/h1-4,6-7H,5H2. The highest BCUT2D eigenvalue weighted by molar-refractivity contribution is 9.13. The number of aromatic nitrogens is 2. The van der Waals surface area contributed by atoms with Crippen molar-refractivity contribution in [3.63, 3.8) is 0 Å². The maximum atomic E-state index is 4.19. The van der Waals surface area contributed by atoms with Gasteiger partial charge in [-0.1, -0.05) is 6.07 Å². The Labute approximate surface area is 105 Å². The number of rotatable bonds is 2. The molecule has 0 aliphatic heterocycles. The molecule has 0 N–H and O–H groups in total. The van der Waals surface area contributed by atoms with Crippen molar-refractivity contribution in [1.82, 2.24) is 9.97 Å². The zero-order chi connectivity index (χ0) is 10.7. The molecule has 0 spiro atoms. The van der Waals surface area contributed by atoms with E-state index in [1.807, 2.05) is 12.1 Å². The van der Waals surface area contributed by atoms with Gasteiger partial charge in [0.2, 0.25) is 0 Å². The summed E-state index contributed by atoms with van der Waals surface area (Å²) in [5.74, 6) is 0. The van der Waals surface area contributed by atoms with Gasteiger partial charge in [-0.15, -0.1) is 0 Å². The van der Waals surface area contributed by atoms with Gasteiger partial charge in [0.25, 0.3) is 0 Å². The fourth-order valence-electron chi connectivity index (χ4n) is 1.28. The van der Waals surface area contributed by atoms with Gasteiger partial charge in [0, 0.05) is 27.3 Å². The molecule has 2 nitrogen and oxygen atoms in total. The molecule has 0 bridgehead atoms. The summed E-state index contributed by atoms with van der Waals surface area (Å²) >= 11 is 6.92. The summed E-state index contributed by atoms with van der Waals surface area (Å²) in [7, 11) is 0. The number of halogens is 2. The van der Waals surface area contributed by atoms with Crippen LogP contribution in [0.2, 0.25) is 0 Å². The van der Waals surface area contributed by atoms with Crippen LogP contribution in [0.5, 0.6) is 0 Å². The van der Waals surface area contributed by atoms with E-state index in [1.165, 1.54) is 5.56 Å². The third-order valence-corrected chi connectivity index (χ3v) is 3.89. The van der Waals surface area contributed by atoms with Gasteiger partial charge in [0.05, 0.1) is 0 Å². The smallest absolute Gasteiger partial charge is 0.115 e. The lowest BCUT2D eigenvalue weighted by molar-refractivity contribution is 1.03. The summed E-state index contributed by atoms with van der Waals surface area (Å²) in [6, 6.07) is 8.12. The van der Waals surface area contributed by atoms with Gasteiger partial charge in [-0.3, -0.25) is 0 Å². The minimum absolute atomic E-state index is 0.828. The minimum Gasteiger partial charge on any atom is -0.245 e. The molecule has 0 radical (unpaired) electrons. The van der Waals surface area contributed by atoms with Crippen molar-refractivity contribution < 1.29 is 0 Å². The lowest BCUT2D eigenvalue weighted by Crippen LogP contribution is -1.92. The maximum absolute atomic E-state index is 4.19. The normalized spacial score (nSPS) is 10.3. The summed E-state index contributed by atoms with van der Waals surface area (Å²) in [5, 5.41) is 0. The molecular formula is C11H8Br2N2. The van der Waals surface area contributed by atoms with Gasteiger partial charge >= 0.3 is 0 Å². The Morgan fingerprint density at radius 2 is 1.93 bits per heavy atom. The summed E-state index contributed by atoms with van der Waals surface area (Å²) in [4.78, 5) is 8.08. The highest BCUT2D eigenvalue weighted by atomic mass is 79.9. The Bertz CT molecular complexity index is 457. The van der Waals surface area contributed by atoms with Crippen molar-refractivity contribution in [3.05, 3.63) is 57.0 Å². The SMILES string of the molecule is Brc1ccc(Cc2ccncn2)cc1Br. The van der Waals surface area contributed by atoms with E-state index in [4.69, 9.17) is 0 Å². The van der Waals surface area contributed by atoms with Crippen molar-refractivity contribution >= 4 is 31.9 Å². The first-order valence-electron chi connectivity index (χ1n) is 4.44.